The van der Waals surface area contributed by atoms with Gasteiger partial charge in [0, 0.05) is 29.4 Å². The number of benzene rings is 2. The third-order valence-electron chi connectivity index (χ3n) is 7.05. The van der Waals surface area contributed by atoms with E-state index in [1.165, 1.54) is 18.5 Å². The molecule has 3 aromatic heterocycles. The number of carboxylic acids is 1. The Morgan fingerprint density at radius 2 is 1.97 bits per heavy atom. The van der Waals surface area contributed by atoms with Crippen LogP contribution in [0.5, 0.6) is 5.75 Å². The molecule has 0 unspecified atom stereocenters. The van der Waals surface area contributed by atoms with Crippen LogP contribution in [0.2, 0.25) is 0 Å². The van der Waals surface area contributed by atoms with Gasteiger partial charge in [-0.15, -0.1) is 0 Å². The first-order chi connectivity index (χ1) is 19.0. The van der Waals surface area contributed by atoms with E-state index in [4.69, 9.17) is 9.84 Å². The largest absolute Gasteiger partial charge is 0.488 e. The van der Waals surface area contributed by atoms with Gasteiger partial charge in [-0.2, -0.15) is 10.2 Å². The number of rotatable bonds is 9. The second kappa shape index (κ2) is 10.7. The van der Waals surface area contributed by atoms with Crippen LogP contribution in [0.4, 0.5) is 15.9 Å². The number of aromatic nitrogens is 5. The Hall–Kier alpha value is -4.51. The molecular weight excluding hydrogens is 501 g/mol. The molecule has 0 amide bonds. The SMILES string of the molecule is O=C(O)CNC1CCC(Oc2ccn3ncnc(Nc4ccc5c(cnn5Cc5cccc(F)c5)c4)c23)CC1. The van der Waals surface area contributed by atoms with E-state index in [1.54, 1.807) is 16.8 Å². The van der Waals surface area contributed by atoms with Crippen LogP contribution >= 0.6 is 0 Å². The lowest BCUT2D eigenvalue weighted by molar-refractivity contribution is -0.136. The van der Waals surface area contributed by atoms with E-state index in [0.717, 1.165) is 53.4 Å². The van der Waals surface area contributed by atoms with Gasteiger partial charge in [0.1, 0.15) is 17.7 Å². The van der Waals surface area contributed by atoms with Gasteiger partial charge in [0.05, 0.1) is 30.9 Å². The van der Waals surface area contributed by atoms with Crippen molar-refractivity contribution >= 4 is 33.9 Å². The Kier molecular flexibility index (Phi) is 6.80. The molecule has 0 saturated heterocycles. The lowest BCUT2D eigenvalue weighted by Crippen LogP contribution is -2.38. The smallest absolute Gasteiger partial charge is 0.317 e. The average Bonchev–Trinajstić information content (AvgIpc) is 3.52. The Labute approximate surface area is 223 Å². The second-order valence-electron chi connectivity index (χ2n) is 9.78. The van der Waals surface area contributed by atoms with Crippen molar-refractivity contribution in [3.63, 3.8) is 0 Å². The van der Waals surface area contributed by atoms with Crippen molar-refractivity contribution < 1.29 is 19.0 Å². The highest BCUT2D eigenvalue weighted by atomic mass is 19.1. The van der Waals surface area contributed by atoms with Gasteiger partial charge < -0.3 is 20.5 Å². The van der Waals surface area contributed by atoms with Crippen molar-refractivity contribution in [3.8, 4) is 5.75 Å². The molecule has 1 aliphatic carbocycles. The summed E-state index contributed by atoms with van der Waals surface area (Å²) in [5.41, 5.74) is 3.37. The Morgan fingerprint density at radius 1 is 1.10 bits per heavy atom. The lowest BCUT2D eigenvalue weighted by Gasteiger charge is -2.29. The number of carboxylic acid groups (broad SMARTS) is 1. The Bertz CT molecular complexity index is 1620. The molecule has 6 rings (SSSR count). The highest BCUT2D eigenvalue weighted by Gasteiger charge is 2.24. The molecule has 1 saturated carbocycles. The van der Waals surface area contributed by atoms with Gasteiger partial charge in [-0.25, -0.2) is 13.9 Å². The molecule has 0 bridgehead atoms. The summed E-state index contributed by atoms with van der Waals surface area (Å²) in [6, 6.07) is 14.6. The van der Waals surface area contributed by atoms with E-state index in [2.05, 4.69) is 25.8 Å². The lowest BCUT2D eigenvalue weighted by atomic mass is 9.93. The van der Waals surface area contributed by atoms with Crippen LogP contribution in [0, 0.1) is 5.82 Å². The molecule has 0 radical (unpaired) electrons. The standard InChI is InChI=1S/C28H28FN7O3/c29-20-3-1-2-18(12-20)16-36-24-9-6-22(13-19(24)14-32-36)34-28-27-25(10-11-35(27)33-17-31-28)39-23-7-4-21(5-8-23)30-15-26(37)38/h1-3,6,9-14,17,21,23,30H,4-5,7-8,15-16H2,(H,37,38)(H,31,33,34). The van der Waals surface area contributed by atoms with E-state index < -0.39 is 5.97 Å². The van der Waals surface area contributed by atoms with E-state index in [-0.39, 0.29) is 24.5 Å². The number of hydrogen-bond acceptors (Lipinski definition) is 7. The molecule has 10 nitrogen and oxygen atoms in total. The fraction of sp³-hybridized carbons (Fsp3) is 0.286. The zero-order valence-corrected chi connectivity index (χ0v) is 21.1. The van der Waals surface area contributed by atoms with Crippen LogP contribution in [0.25, 0.3) is 16.4 Å². The van der Waals surface area contributed by atoms with Crippen molar-refractivity contribution in [2.24, 2.45) is 0 Å². The fourth-order valence-corrected chi connectivity index (χ4v) is 5.14. The van der Waals surface area contributed by atoms with Crippen LogP contribution in [-0.2, 0) is 11.3 Å². The molecule has 200 valence electrons. The highest BCUT2D eigenvalue weighted by Crippen LogP contribution is 2.32. The number of ether oxygens (including phenoxy) is 1. The van der Waals surface area contributed by atoms with Crippen LogP contribution in [0.15, 0.2) is 67.3 Å². The van der Waals surface area contributed by atoms with E-state index in [0.29, 0.717) is 18.1 Å². The molecule has 1 aliphatic rings. The van der Waals surface area contributed by atoms with Crippen molar-refractivity contribution in [3.05, 3.63) is 78.6 Å². The quantitative estimate of drug-likeness (QED) is 0.258. The van der Waals surface area contributed by atoms with Gasteiger partial charge in [0.2, 0.25) is 0 Å². The van der Waals surface area contributed by atoms with E-state index >= 15 is 0 Å². The number of fused-ring (bicyclic) bond motifs is 2. The first kappa shape index (κ1) is 24.8. The number of carbonyl (C=O) groups is 1. The molecule has 3 heterocycles. The summed E-state index contributed by atoms with van der Waals surface area (Å²) in [6.45, 7) is 0.454. The molecule has 11 heteroatoms. The van der Waals surface area contributed by atoms with Gasteiger partial charge in [0.15, 0.2) is 11.6 Å². The second-order valence-corrected chi connectivity index (χ2v) is 9.78. The number of anilines is 2. The van der Waals surface area contributed by atoms with Crippen molar-refractivity contribution in [2.45, 2.75) is 44.4 Å². The molecule has 39 heavy (non-hydrogen) atoms. The number of halogens is 1. The van der Waals surface area contributed by atoms with E-state index in [1.807, 2.05) is 41.2 Å². The molecule has 3 N–H and O–H groups in total. The number of aliphatic carboxylic acids is 1. The van der Waals surface area contributed by atoms with Crippen molar-refractivity contribution in [1.82, 2.24) is 29.7 Å². The van der Waals surface area contributed by atoms with Crippen molar-refractivity contribution in [2.75, 3.05) is 11.9 Å². The van der Waals surface area contributed by atoms with Gasteiger partial charge in [-0.05, 0) is 61.6 Å². The van der Waals surface area contributed by atoms with Gasteiger partial charge in [-0.3, -0.25) is 9.48 Å². The summed E-state index contributed by atoms with van der Waals surface area (Å²) < 4.78 is 23.6. The first-order valence-electron chi connectivity index (χ1n) is 12.9. The van der Waals surface area contributed by atoms with Gasteiger partial charge in [-0.1, -0.05) is 12.1 Å². The normalized spacial score (nSPS) is 17.5. The fourth-order valence-electron chi connectivity index (χ4n) is 5.14. The number of nitrogens with one attached hydrogen (secondary N) is 2. The van der Waals surface area contributed by atoms with Crippen LogP contribution in [0.3, 0.4) is 0 Å². The van der Waals surface area contributed by atoms with Gasteiger partial charge >= 0.3 is 5.97 Å². The van der Waals surface area contributed by atoms with Crippen molar-refractivity contribution in [1.29, 1.82) is 0 Å². The third kappa shape index (κ3) is 5.53. The zero-order valence-electron chi connectivity index (χ0n) is 21.1. The minimum atomic E-state index is -0.842. The third-order valence-corrected chi connectivity index (χ3v) is 7.05. The predicted molar refractivity (Wildman–Crippen MR) is 144 cm³/mol. The number of nitrogens with zero attached hydrogens (tertiary/aromatic N) is 5. The summed E-state index contributed by atoms with van der Waals surface area (Å²) in [7, 11) is 0. The molecule has 2 aromatic carbocycles. The summed E-state index contributed by atoms with van der Waals surface area (Å²) >= 11 is 0. The minimum Gasteiger partial charge on any atom is -0.488 e. The maximum absolute atomic E-state index is 13.6. The van der Waals surface area contributed by atoms with Crippen LogP contribution < -0.4 is 15.4 Å². The van der Waals surface area contributed by atoms with Crippen LogP contribution in [-0.4, -0.2) is 54.1 Å². The Morgan fingerprint density at radius 3 is 2.79 bits per heavy atom. The zero-order chi connectivity index (χ0) is 26.8. The molecule has 1 fully saturated rings. The maximum atomic E-state index is 13.6. The highest BCUT2D eigenvalue weighted by molar-refractivity contribution is 5.86. The average molecular weight is 530 g/mol. The summed E-state index contributed by atoms with van der Waals surface area (Å²) in [4.78, 5) is 15.3. The molecule has 0 aliphatic heterocycles. The summed E-state index contributed by atoms with van der Waals surface area (Å²) in [5.74, 6) is 0.212. The summed E-state index contributed by atoms with van der Waals surface area (Å²) in [5, 5.41) is 25.1. The maximum Gasteiger partial charge on any atom is 0.317 e. The number of hydrogen-bond donors (Lipinski definition) is 3. The van der Waals surface area contributed by atoms with Crippen LogP contribution in [0.1, 0.15) is 31.2 Å². The molecule has 0 atom stereocenters. The first-order valence-corrected chi connectivity index (χ1v) is 12.9. The predicted octanol–water partition coefficient (Wildman–Crippen LogP) is 4.37. The van der Waals surface area contributed by atoms with Gasteiger partial charge in [0.25, 0.3) is 0 Å². The molecule has 5 aromatic rings. The molecular formula is C28H28FN7O3. The topological polar surface area (TPSA) is 119 Å². The Balaban J connectivity index is 1.17. The monoisotopic (exact) mass is 529 g/mol. The summed E-state index contributed by atoms with van der Waals surface area (Å²) in [6.07, 6.45) is 8.56. The molecule has 0 spiro atoms. The minimum absolute atomic E-state index is 0.0216. The van der Waals surface area contributed by atoms with E-state index in [9.17, 15) is 9.18 Å².